The van der Waals surface area contributed by atoms with Gasteiger partial charge in [0.1, 0.15) is 0 Å². The third-order valence-electron chi connectivity index (χ3n) is 4.37. The molecule has 0 spiro atoms. The number of hydrogen-bond donors (Lipinski definition) is 2. The predicted molar refractivity (Wildman–Crippen MR) is 96.5 cm³/mol. The molecule has 8 nitrogen and oxygen atoms in total. The molecular formula is C19H15N3O5. The SMILES string of the molecule is O=C(CCCN1C(=O)c2ccccc2C1=O)Nc1ccc2[nH]c(=O)oc2c1. The van der Waals surface area contributed by atoms with Gasteiger partial charge in [0, 0.05) is 24.7 Å². The number of carbonyl (C=O) groups is 3. The molecule has 2 aromatic carbocycles. The molecule has 27 heavy (non-hydrogen) atoms. The number of aromatic amines is 1. The van der Waals surface area contributed by atoms with Crippen molar-refractivity contribution in [2.75, 3.05) is 11.9 Å². The summed E-state index contributed by atoms with van der Waals surface area (Å²) in [4.78, 5) is 51.5. The molecule has 0 radical (unpaired) electrons. The molecule has 0 saturated heterocycles. The van der Waals surface area contributed by atoms with Crippen molar-refractivity contribution in [3.8, 4) is 0 Å². The van der Waals surface area contributed by atoms with Gasteiger partial charge in [-0.15, -0.1) is 0 Å². The lowest BCUT2D eigenvalue weighted by Gasteiger charge is -2.13. The number of nitrogens with one attached hydrogen (secondary N) is 2. The summed E-state index contributed by atoms with van der Waals surface area (Å²) in [6, 6.07) is 11.5. The van der Waals surface area contributed by atoms with Gasteiger partial charge in [0.05, 0.1) is 16.6 Å². The predicted octanol–water partition coefficient (Wildman–Crippen LogP) is 2.14. The molecule has 0 atom stereocenters. The second-order valence-electron chi connectivity index (χ2n) is 6.18. The fraction of sp³-hybridized carbons (Fsp3) is 0.158. The molecule has 0 bridgehead atoms. The molecule has 2 heterocycles. The second kappa shape index (κ2) is 6.56. The van der Waals surface area contributed by atoms with Gasteiger partial charge in [0.15, 0.2) is 5.58 Å². The number of amides is 3. The highest BCUT2D eigenvalue weighted by Gasteiger charge is 2.34. The molecule has 1 aliphatic heterocycles. The van der Waals surface area contributed by atoms with Gasteiger partial charge in [-0.1, -0.05) is 12.1 Å². The van der Waals surface area contributed by atoms with Gasteiger partial charge in [-0.25, -0.2) is 4.79 Å². The Labute approximate surface area is 152 Å². The van der Waals surface area contributed by atoms with E-state index in [9.17, 15) is 19.2 Å². The number of rotatable bonds is 5. The van der Waals surface area contributed by atoms with Gasteiger partial charge < -0.3 is 9.73 Å². The molecule has 3 amide bonds. The van der Waals surface area contributed by atoms with Crippen LogP contribution in [0.25, 0.3) is 11.1 Å². The van der Waals surface area contributed by atoms with Crippen molar-refractivity contribution in [3.05, 3.63) is 64.1 Å². The third kappa shape index (κ3) is 3.12. The Kier molecular flexibility index (Phi) is 4.08. The minimum atomic E-state index is -0.561. The average molecular weight is 365 g/mol. The van der Waals surface area contributed by atoms with Crippen LogP contribution in [0.5, 0.6) is 0 Å². The molecule has 0 saturated carbocycles. The van der Waals surface area contributed by atoms with Crippen molar-refractivity contribution < 1.29 is 18.8 Å². The molecule has 0 fully saturated rings. The van der Waals surface area contributed by atoms with Crippen LogP contribution in [0.1, 0.15) is 33.6 Å². The number of H-pyrrole nitrogens is 1. The Morgan fingerprint density at radius 2 is 1.74 bits per heavy atom. The Morgan fingerprint density at radius 1 is 1.04 bits per heavy atom. The number of carbonyl (C=O) groups excluding carboxylic acids is 3. The number of imide groups is 1. The number of oxazole rings is 1. The lowest BCUT2D eigenvalue weighted by atomic mass is 10.1. The molecule has 0 unspecified atom stereocenters. The lowest BCUT2D eigenvalue weighted by Crippen LogP contribution is -2.31. The zero-order valence-corrected chi connectivity index (χ0v) is 14.2. The van der Waals surface area contributed by atoms with Gasteiger partial charge in [-0.2, -0.15) is 0 Å². The van der Waals surface area contributed by atoms with Crippen LogP contribution in [0.15, 0.2) is 51.7 Å². The second-order valence-corrected chi connectivity index (χ2v) is 6.18. The zero-order valence-electron chi connectivity index (χ0n) is 14.2. The van der Waals surface area contributed by atoms with E-state index in [-0.39, 0.29) is 30.7 Å². The summed E-state index contributed by atoms with van der Waals surface area (Å²) in [5.41, 5.74) is 2.19. The van der Waals surface area contributed by atoms with E-state index in [1.54, 1.807) is 42.5 Å². The highest BCUT2D eigenvalue weighted by Crippen LogP contribution is 2.23. The van der Waals surface area contributed by atoms with Crippen LogP contribution in [0.3, 0.4) is 0 Å². The zero-order chi connectivity index (χ0) is 19.0. The van der Waals surface area contributed by atoms with Crippen LogP contribution in [0, 0.1) is 0 Å². The molecule has 136 valence electrons. The minimum Gasteiger partial charge on any atom is -0.408 e. The summed E-state index contributed by atoms with van der Waals surface area (Å²) < 4.78 is 4.95. The van der Waals surface area contributed by atoms with E-state index in [2.05, 4.69) is 10.3 Å². The first kappa shape index (κ1) is 16.8. The first-order valence-electron chi connectivity index (χ1n) is 8.41. The largest absolute Gasteiger partial charge is 0.417 e. The molecule has 1 aromatic heterocycles. The third-order valence-corrected chi connectivity index (χ3v) is 4.37. The molecule has 1 aliphatic rings. The van der Waals surface area contributed by atoms with Gasteiger partial charge in [0.25, 0.3) is 11.8 Å². The highest BCUT2D eigenvalue weighted by molar-refractivity contribution is 6.21. The minimum absolute atomic E-state index is 0.141. The Bertz CT molecular complexity index is 1090. The number of fused-ring (bicyclic) bond motifs is 2. The van der Waals surface area contributed by atoms with Crippen LogP contribution < -0.4 is 11.1 Å². The maximum Gasteiger partial charge on any atom is 0.417 e. The van der Waals surface area contributed by atoms with E-state index in [1.807, 2.05) is 0 Å². The van der Waals surface area contributed by atoms with Crippen LogP contribution >= 0.6 is 0 Å². The number of nitrogens with zero attached hydrogens (tertiary/aromatic N) is 1. The maximum absolute atomic E-state index is 12.3. The van der Waals surface area contributed by atoms with E-state index in [0.29, 0.717) is 34.3 Å². The highest BCUT2D eigenvalue weighted by atomic mass is 16.4. The van der Waals surface area contributed by atoms with E-state index in [4.69, 9.17) is 4.42 Å². The van der Waals surface area contributed by atoms with E-state index in [1.165, 1.54) is 4.90 Å². The van der Waals surface area contributed by atoms with Crippen molar-refractivity contribution >= 4 is 34.5 Å². The number of hydrogen-bond acceptors (Lipinski definition) is 5. The van der Waals surface area contributed by atoms with Crippen LogP contribution in [0.4, 0.5) is 5.69 Å². The van der Waals surface area contributed by atoms with E-state index in [0.717, 1.165) is 0 Å². The van der Waals surface area contributed by atoms with Crippen molar-refractivity contribution in [3.63, 3.8) is 0 Å². The summed E-state index contributed by atoms with van der Waals surface area (Å²) in [7, 11) is 0. The summed E-state index contributed by atoms with van der Waals surface area (Å²) in [5.74, 6) is -1.48. The monoisotopic (exact) mass is 365 g/mol. The van der Waals surface area contributed by atoms with Crippen molar-refractivity contribution in [2.45, 2.75) is 12.8 Å². The van der Waals surface area contributed by atoms with Crippen LogP contribution in [0.2, 0.25) is 0 Å². The standard InChI is InChI=1S/C19H15N3O5/c23-16(20-11-7-8-14-15(10-11)27-19(26)21-14)6-3-9-22-17(24)12-4-1-2-5-13(12)18(22)25/h1-2,4-5,7-8,10H,3,6,9H2,(H,20,23)(H,21,26). The summed E-state index contributed by atoms with van der Waals surface area (Å²) in [6.07, 6.45) is 0.487. The van der Waals surface area contributed by atoms with E-state index < -0.39 is 5.76 Å². The molecule has 4 rings (SSSR count). The summed E-state index contributed by atoms with van der Waals surface area (Å²) in [5, 5.41) is 2.71. The lowest BCUT2D eigenvalue weighted by molar-refractivity contribution is -0.116. The molecule has 3 aromatic rings. The first-order valence-corrected chi connectivity index (χ1v) is 8.41. The molecule has 8 heteroatoms. The van der Waals surface area contributed by atoms with Crippen molar-refractivity contribution in [1.29, 1.82) is 0 Å². The van der Waals surface area contributed by atoms with Crippen molar-refractivity contribution in [2.24, 2.45) is 0 Å². The Hall–Kier alpha value is -3.68. The fourth-order valence-corrected chi connectivity index (χ4v) is 3.09. The molecular weight excluding hydrogens is 350 g/mol. The topological polar surface area (TPSA) is 112 Å². The van der Waals surface area contributed by atoms with Gasteiger partial charge in [0.2, 0.25) is 5.91 Å². The molecule has 2 N–H and O–H groups in total. The number of aromatic nitrogens is 1. The summed E-state index contributed by atoms with van der Waals surface area (Å²) >= 11 is 0. The smallest absolute Gasteiger partial charge is 0.408 e. The van der Waals surface area contributed by atoms with Crippen molar-refractivity contribution in [1.82, 2.24) is 9.88 Å². The van der Waals surface area contributed by atoms with E-state index >= 15 is 0 Å². The van der Waals surface area contributed by atoms with Crippen LogP contribution in [-0.4, -0.2) is 34.2 Å². The number of anilines is 1. The maximum atomic E-state index is 12.3. The van der Waals surface area contributed by atoms with Gasteiger partial charge in [-0.3, -0.25) is 24.3 Å². The summed E-state index contributed by atoms with van der Waals surface area (Å²) in [6.45, 7) is 0.172. The normalized spacial score (nSPS) is 13.3. The van der Waals surface area contributed by atoms with Gasteiger partial charge in [-0.05, 0) is 30.7 Å². The Morgan fingerprint density at radius 3 is 2.44 bits per heavy atom. The molecule has 0 aliphatic carbocycles. The first-order chi connectivity index (χ1) is 13.0. The van der Waals surface area contributed by atoms with Gasteiger partial charge >= 0.3 is 5.76 Å². The Balaban J connectivity index is 1.34. The average Bonchev–Trinajstić information content (AvgIpc) is 3.13. The number of benzene rings is 2. The fourth-order valence-electron chi connectivity index (χ4n) is 3.09. The quantitative estimate of drug-likeness (QED) is 0.673. The van der Waals surface area contributed by atoms with Crippen LogP contribution in [-0.2, 0) is 4.79 Å².